The number of fused-ring (bicyclic) bond motifs is 1. The van der Waals surface area contributed by atoms with E-state index in [0.717, 1.165) is 29.4 Å². The standard InChI is InChI=1S/C19H25NO/c1-14(2)12-20(13-15(3)4)19(21)18-11-7-9-16-8-5-6-10-17(16)18/h5-11,14-15H,12-13H2,1-4H3. The molecule has 0 atom stereocenters. The second-order valence-corrected chi connectivity index (χ2v) is 6.52. The van der Waals surface area contributed by atoms with Gasteiger partial charge in [-0.2, -0.15) is 0 Å². The zero-order valence-corrected chi connectivity index (χ0v) is 13.5. The highest BCUT2D eigenvalue weighted by atomic mass is 16.2. The third-order valence-corrected chi connectivity index (χ3v) is 3.48. The van der Waals surface area contributed by atoms with Gasteiger partial charge < -0.3 is 4.90 Å². The van der Waals surface area contributed by atoms with Gasteiger partial charge in [0.1, 0.15) is 0 Å². The van der Waals surface area contributed by atoms with Crippen molar-refractivity contribution in [2.75, 3.05) is 13.1 Å². The average molecular weight is 283 g/mol. The van der Waals surface area contributed by atoms with Crippen LogP contribution in [-0.4, -0.2) is 23.9 Å². The molecule has 0 bridgehead atoms. The van der Waals surface area contributed by atoms with E-state index in [1.54, 1.807) is 0 Å². The molecule has 2 nitrogen and oxygen atoms in total. The Morgan fingerprint density at radius 2 is 1.48 bits per heavy atom. The Balaban J connectivity index is 2.38. The molecule has 0 fully saturated rings. The molecule has 0 saturated carbocycles. The molecule has 0 aliphatic carbocycles. The normalized spacial score (nSPS) is 11.3. The lowest BCUT2D eigenvalue weighted by Crippen LogP contribution is -2.37. The zero-order valence-electron chi connectivity index (χ0n) is 13.5. The minimum Gasteiger partial charge on any atom is -0.338 e. The van der Waals surface area contributed by atoms with Crippen molar-refractivity contribution in [2.24, 2.45) is 11.8 Å². The summed E-state index contributed by atoms with van der Waals surface area (Å²) in [6.45, 7) is 10.2. The predicted molar refractivity (Wildman–Crippen MR) is 89.5 cm³/mol. The number of benzene rings is 2. The van der Waals surface area contributed by atoms with Crippen LogP contribution >= 0.6 is 0 Å². The van der Waals surface area contributed by atoms with Gasteiger partial charge in [0.25, 0.3) is 5.91 Å². The zero-order chi connectivity index (χ0) is 15.4. The number of carbonyl (C=O) groups excluding carboxylic acids is 1. The van der Waals surface area contributed by atoms with E-state index in [4.69, 9.17) is 0 Å². The minimum atomic E-state index is 0.147. The van der Waals surface area contributed by atoms with E-state index in [2.05, 4.69) is 39.8 Å². The van der Waals surface area contributed by atoms with E-state index in [-0.39, 0.29) is 5.91 Å². The number of nitrogens with zero attached hydrogens (tertiary/aromatic N) is 1. The molecule has 2 heteroatoms. The van der Waals surface area contributed by atoms with E-state index >= 15 is 0 Å². The maximum absolute atomic E-state index is 13.0. The molecule has 0 N–H and O–H groups in total. The third kappa shape index (κ3) is 3.84. The Morgan fingerprint density at radius 1 is 0.905 bits per heavy atom. The van der Waals surface area contributed by atoms with Crippen LogP contribution < -0.4 is 0 Å². The lowest BCUT2D eigenvalue weighted by atomic mass is 10.0. The van der Waals surface area contributed by atoms with E-state index in [1.807, 2.05) is 35.2 Å². The second-order valence-electron chi connectivity index (χ2n) is 6.52. The molecule has 0 radical (unpaired) electrons. The smallest absolute Gasteiger partial charge is 0.254 e. The first-order valence-electron chi connectivity index (χ1n) is 7.76. The largest absolute Gasteiger partial charge is 0.338 e. The van der Waals surface area contributed by atoms with Crippen LogP contribution in [0.2, 0.25) is 0 Å². The number of carbonyl (C=O) groups is 1. The molecule has 0 aromatic heterocycles. The number of hydrogen-bond acceptors (Lipinski definition) is 1. The Kier molecular flexibility index (Phi) is 5.00. The maximum atomic E-state index is 13.0. The van der Waals surface area contributed by atoms with E-state index < -0.39 is 0 Å². The van der Waals surface area contributed by atoms with Gasteiger partial charge in [-0.05, 0) is 28.7 Å². The monoisotopic (exact) mass is 283 g/mol. The van der Waals surface area contributed by atoms with Gasteiger partial charge in [-0.3, -0.25) is 4.79 Å². The molecular formula is C19H25NO. The molecule has 112 valence electrons. The Labute approximate surface area is 127 Å². The highest BCUT2D eigenvalue weighted by Gasteiger charge is 2.19. The van der Waals surface area contributed by atoms with Gasteiger partial charge >= 0.3 is 0 Å². The SMILES string of the molecule is CC(C)CN(CC(C)C)C(=O)c1cccc2ccccc12. The van der Waals surface area contributed by atoms with Crippen LogP contribution in [0.25, 0.3) is 10.8 Å². The van der Waals surface area contributed by atoms with Gasteiger partial charge in [0.2, 0.25) is 0 Å². The lowest BCUT2D eigenvalue weighted by molar-refractivity contribution is 0.0717. The van der Waals surface area contributed by atoms with E-state index in [1.165, 1.54) is 0 Å². The van der Waals surface area contributed by atoms with Gasteiger partial charge in [-0.15, -0.1) is 0 Å². The summed E-state index contributed by atoms with van der Waals surface area (Å²) in [6.07, 6.45) is 0. The summed E-state index contributed by atoms with van der Waals surface area (Å²) in [5.41, 5.74) is 0.814. The van der Waals surface area contributed by atoms with E-state index in [0.29, 0.717) is 11.8 Å². The Hall–Kier alpha value is -1.83. The van der Waals surface area contributed by atoms with Gasteiger partial charge in [0.15, 0.2) is 0 Å². The molecule has 0 heterocycles. The molecule has 0 aliphatic rings. The topological polar surface area (TPSA) is 20.3 Å². The molecule has 2 aromatic rings. The van der Waals surface area contributed by atoms with Crippen molar-refractivity contribution >= 4 is 16.7 Å². The highest BCUT2D eigenvalue weighted by Crippen LogP contribution is 2.21. The lowest BCUT2D eigenvalue weighted by Gasteiger charge is -2.27. The summed E-state index contributed by atoms with van der Waals surface area (Å²) in [6, 6.07) is 14.1. The fraction of sp³-hybridized carbons (Fsp3) is 0.421. The molecule has 0 aliphatic heterocycles. The molecule has 2 aromatic carbocycles. The first kappa shape index (κ1) is 15.6. The summed E-state index contributed by atoms with van der Waals surface area (Å²) < 4.78 is 0. The summed E-state index contributed by atoms with van der Waals surface area (Å²) in [5.74, 6) is 1.10. The Morgan fingerprint density at radius 3 is 2.10 bits per heavy atom. The molecule has 0 spiro atoms. The van der Waals surface area contributed by atoms with Crippen molar-refractivity contribution in [3.05, 3.63) is 48.0 Å². The minimum absolute atomic E-state index is 0.147. The van der Waals surface area contributed by atoms with Crippen molar-refractivity contribution in [1.29, 1.82) is 0 Å². The Bertz CT molecular complexity index is 600. The summed E-state index contributed by atoms with van der Waals surface area (Å²) in [4.78, 5) is 15.0. The fourth-order valence-electron chi connectivity index (χ4n) is 2.70. The van der Waals surface area contributed by atoms with Crippen LogP contribution in [0, 0.1) is 11.8 Å². The molecule has 2 rings (SSSR count). The van der Waals surface area contributed by atoms with Crippen molar-refractivity contribution in [2.45, 2.75) is 27.7 Å². The number of rotatable bonds is 5. The van der Waals surface area contributed by atoms with Gasteiger partial charge in [0.05, 0.1) is 0 Å². The van der Waals surface area contributed by atoms with Crippen LogP contribution in [0.3, 0.4) is 0 Å². The summed E-state index contributed by atoms with van der Waals surface area (Å²) in [7, 11) is 0. The number of amides is 1. The van der Waals surface area contributed by atoms with Crippen LogP contribution in [0.1, 0.15) is 38.1 Å². The fourth-order valence-corrected chi connectivity index (χ4v) is 2.70. The van der Waals surface area contributed by atoms with Gasteiger partial charge in [-0.25, -0.2) is 0 Å². The van der Waals surface area contributed by atoms with Crippen LogP contribution in [0.15, 0.2) is 42.5 Å². The van der Waals surface area contributed by atoms with Crippen LogP contribution in [0.5, 0.6) is 0 Å². The van der Waals surface area contributed by atoms with Crippen molar-refractivity contribution < 1.29 is 4.79 Å². The molecular weight excluding hydrogens is 258 g/mol. The first-order valence-corrected chi connectivity index (χ1v) is 7.76. The van der Waals surface area contributed by atoms with Gasteiger partial charge in [-0.1, -0.05) is 64.1 Å². The average Bonchev–Trinajstić information content (AvgIpc) is 2.44. The van der Waals surface area contributed by atoms with Crippen molar-refractivity contribution in [3.63, 3.8) is 0 Å². The first-order chi connectivity index (χ1) is 9.99. The summed E-state index contributed by atoms with van der Waals surface area (Å²) in [5, 5.41) is 2.17. The summed E-state index contributed by atoms with van der Waals surface area (Å²) >= 11 is 0. The maximum Gasteiger partial charge on any atom is 0.254 e. The molecule has 0 unspecified atom stereocenters. The number of hydrogen-bond donors (Lipinski definition) is 0. The third-order valence-electron chi connectivity index (χ3n) is 3.48. The van der Waals surface area contributed by atoms with Crippen LogP contribution in [-0.2, 0) is 0 Å². The molecule has 0 saturated heterocycles. The predicted octanol–water partition coefficient (Wildman–Crippen LogP) is 4.59. The van der Waals surface area contributed by atoms with E-state index in [9.17, 15) is 4.79 Å². The molecule has 21 heavy (non-hydrogen) atoms. The second kappa shape index (κ2) is 6.75. The van der Waals surface area contributed by atoms with Crippen LogP contribution in [0.4, 0.5) is 0 Å². The van der Waals surface area contributed by atoms with Crippen molar-refractivity contribution in [3.8, 4) is 0 Å². The quantitative estimate of drug-likeness (QED) is 0.785. The van der Waals surface area contributed by atoms with Gasteiger partial charge in [0, 0.05) is 18.7 Å². The highest BCUT2D eigenvalue weighted by molar-refractivity contribution is 6.07. The van der Waals surface area contributed by atoms with Crippen molar-refractivity contribution in [1.82, 2.24) is 4.90 Å². The molecule has 1 amide bonds.